The molecule has 7 nitrogen and oxygen atoms in total. The molecule has 2 rings (SSSR count). The van der Waals surface area contributed by atoms with Gasteiger partial charge in [-0.05, 0) is 6.07 Å². The standard InChI is InChI=1S/C9H7NO6S/c11-8-5(3-4-15-8)16-9(12)6-1-2-7(17-6)10(13)14/h1-2,5H,3-4H2/t5-/m1/s1. The van der Waals surface area contributed by atoms with Crippen LogP contribution in [0.4, 0.5) is 5.00 Å². The van der Waals surface area contributed by atoms with E-state index < -0.39 is 23.0 Å². The lowest BCUT2D eigenvalue weighted by atomic mass is 10.3. The van der Waals surface area contributed by atoms with Crippen LogP contribution in [0.5, 0.6) is 0 Å². The van der Waals surface area contributed by atoms with E-state index in [0.29, 0.717) is 17.8 Å². The lowest BCUT2D eigenvalue weighted by molar-refractivity contribution is -0.380. The number of esters is 2. The fraction of sp³-hybridized carbons (Fsp3) is 0.333. The fourth-order valence-electron chi connectivity index (χ4n) is 1.31. The Morgan fingerprint density at radius 3 is 2.88 bits per heavy atom. The van der Waals surface area contributed by atoms with Gasteiger partial charge >= 0.3 is 16.9 Å². The summed E-state index contributed by atoms with van der Waals surface area (Å²) >= 11 is 0.708. The zero-order chi connectivity index (χ0) is 12.4. The van der Waals surface area contributed by atoms with Gasteiger partial charge in [-0.1, -0.05) is 11.3 Å². The number of hydrogen-bond acceptors (Lipinski definition) is 7. The summed E-state index contributed by atoms with van der Waals surface area (Å²) in [6, 6.07) is 2.51. The molecule has 2 heterocycles. The summed E-state index contributed by atoms with van der Waals surface area (Å²) in [6.45, 7) is 0.224. The highest BCUT2D eigenvalue weighted by Gasteiger charge is 2.31. The summed E-state index contributed by atoms with van der Waals surface area (Å²) in [5.74, 6) is -1.32. The van der Waals surface area contributed by atoms with E-state index in [4.69, 9.17) is 4.74 Å². The summed E-state index contributed by atoms with van der Waals surface area (Å²) in [4.78, 5) is 32.5. The number of nitro groups is 1. The van der Waals surface area contributed by atoms with Gasteiger partial charge in [-0.3, -0.25) is 10.1 Å². The summed E-state index contributed by atoms with van der Waals surface area (Å²) in [7, 11) is 0. The Balaban J connectivity index is 2.04. The molecule has 1 aromatic rings. The second kappa shape index (κ2) is 4.50. The lowest BCUT2D eigenvalue weighted by Gasteiger charge is -2.05. The van der Waals surface area contributed by atoms with Gasteiger partial charge in [0.15, 0.2) is 0 Å². The van der Waals surface area contributed by atoms with Crippen LogP contribution in [0.15, 0.2) is 12.1 Å². The van der Waals surface area contributed by atoms with Crippen molar-refractivity contribution < 1.29 is 24.0 Å². The van der Waals surface area contributed by atoms with Crippen LogP contribution in [0.25, 0.3) is 0 Å². The SMILES string of the molecule is O=C(O[C@@H]1CCOC1=O)c1ccc([N+](=O)[O-])s1. The Morgan fingerprint density at radius 1 is 1.59 bits per heavy atom. The molecule has 8 heteroatoms. The largest absolute Gasteiger partial charge is 0.463 e. The average molecular weight is 257 g/mol. The number of nitrogens with zero attached hydrogens (tertiary/aromatic N) is 1. The van der Waals surface area contributed by atoms with Gasteiger partial charge in [0.2, 0.25) is 6.10 Å². The van der Waals surface area contributed by atoms with Crippen LogP contribution in [0.3, 0.4) is 0 Å². The van der Waals surface area contributed by atoms with Gasteiger partial charge in [-0.2, -0.15) is 0 Å². The van der Waals surface area contributed by atoms with Crippen LogP contribution in [0.1, 0.15) is 16.1 Å². The van der Waals surface area contributed by atoms with E-state index in [1.165, 1.54) is 12.1 Å². The molecule has 0 N–H and O–H groups in total. The minimum atomic E-state index is -0.899. The number of thiophene rings is 1. The van der Waals surface area contributed by atoms with Crippen LogP contribution >= 0.6 is 11.3 Å². The highest BCUT2D eigenvalue weighted by atomic mass is 32.1. The van der Waals surface area contributed by atoms with Crippen LogP contribution in [-0.2, 0) is 14.3 Å². The monoisotopic (exact) mass is 257 g/mol. The molecule has 0 aliphatic carbocycles. The molecule has 0 aromatic carbocycles. The molecule has 0 spiro atoms. The molecule has 17 heavy (non-hydrogen) atoms. The predicted octanol–water partition coefficient (Wildman–Crippen LogP) is 1.13. The maximum absolute atomic E-state index is 11.5. The maximum atomic E-state index is 11.5. The summed E-state index contributed by atoms with van der Waals surface area (Å²) in [5, 5.41) is 10.3. The molecule has 0 unspecified atom stereocenters. The molecule has 0 radical (unpaired) electrons. The van der Waals surface area contributed by atoms with Crippen molar-refractivity contribution >= 4 is 28.3 Å². The quantitative estimate of drug-likeness (QED) is 0.457. The molecule has 1 aromatic heterocycles. The fourth-order valence-corrected chi connectivity index (χ4v) is 2.01. The summed E-state index contributed by atoms with van der Waals surface area (Å²) in [5.41, 5.74) is 0. The number of carbonyl (C=O) groups excluding carboxylic acids is 2. The van der Waals surface area contributed by atoms with Crippen molar-refractivity contribution in [2.75, 3.05) is 6.61 Å². The van der Waals surface area contributed by atoms with Crippen LogP contribution in [0.2, 0.25) is 0 Å². The van der Waals surface area contributed by atoms with Gasteiger partial charge in [0.25, 0.3) is 0 Å². The molecule has 0 saturated carbocycles. The van der Waals surface area contributed by atoms with Crippen molar-refractivity contribution in [3.8, 4) is 0 Å². The van der Waals surface area contributed by atoms with E-state index in [1.807, 2.05) is 0 Å². The Kier molecular flexibility index (Phi) is 3.05. The van der Waals surface area contributed by atoms with E-state index in [1.54, 1.807) is 0 Å². The summed E-state index contributed by atoms with van der Waals surface area (Å²) < 4.78 is 9.50. The minimum absolute atomic E-state index is 0.0939. The molecule has 0 bridgehead atoms. The Labute approximate surface area is 99.1 Å². The molecule has 1 aliphatic rings. The summed E-state index contributed by atoms with van der Waals surface area (Å²) in [6.07, 6.45) is -0.582. The minimum Gasteiger partial charge on any atom is -0.463 e. The zero-order valence-corrected chi connectivity index (χ0v) is 9.27. The normalized spacial score (nSPS) is 18.8. The van der Waals surface area contributed by atoms with Crippen molar-refractivity contribution in [3.63, 3.8) is 0 Å². The molecule has 90 valence electrons. The highest BCUT2D eigenvalue weighted by molar-refractivity contribution is 7.17. The average Bonchev–Trinajstić information content (AvgIpc) is 2.88. The number of hydrogen-bond donors (Lipinski definition) is 0. The molecular formula is C9H7NO6S. The first-order valence-corrected chi connectivity index (χ1v) is 5.51. The second-order valence-corrected chi connectivity index (χ2v) is 4.31. The number of cyclic esters (lactones) is 1. The van der Waals surface area contributed by atoms with E-state index in [2.05, 4.69) is 4.74 Å². The Morgan fingerprint density at radius 2 is 2.35 bits per heavy atom. The van der Waals surface area contributed by atoms with Crippen LogP contribution in [-0.4, -0.2) is 29.6 Å². The van der Waals surface area contributed by atoms with E-state index in [0.717, 1.165) is 0 Å². The Bertz CT molecular complexity index is 482. The van der Waals surface area contributed by atoms with Gasteiger partial charge in [0, 0.05) is 12.5 Å². The molecule has 1 atom stereocenters. The third kappa shape index (κ3) is 2.41. The second-order valence-electron chi connectivity index (χ2n) is 3.25. The van der Waals surface area contributed by atoms with Gasteiger partial charge in [-0.15, -0.1) is 0 Å². The van der Waals surface area contributed by atoms with E-state index in [-0.39, 0.29) is 16.5 Å². The Hall–Kier alpha value is -1.96. The zero-order valence-electron chi connectivity index (χ0n) is 8.45. The van der Waals surface area contributed by atoms with Crippen molar-refractivity contribution in [3.05, 3.63) is 27.1 Å². The van der Waals surface area contributed by atoms with Gasteiger partial charge < -0.3 is 9.47 Å². The molecule has 1 saturated heterocycles. The first-order valence-electron chi connectivity index (χ1n) is 4.70. The van der Waals surface area contributed by atoms with Gasteiger partial charge in [-0.25, -0.2) is 9.59 Å². The highest BCUT2D eigenvalue weighted by Crippen LogP contribution is 2.25. The third-order valence-electron chi connectivity index (χ3n) is 2.11. The molecular weight excluding hydrogens is 250 g/mol. The smallest absolute Gasteiger partial charge is 0.349 e. The molecule has 1 fully saturated rings. The maximum Gasteiger partial charge on any atom is 0.349 e. The van der Waals surface area contributed by atoms with Crippen molar-refractivity contribution in [2.24, 2.45) is 0 Å². The predicted molar refractivity (Wildman–Crippen MR) is 55.8 cm³/mol. The van der Waals surface area contributed by atoms with E-state index >= 15 is 0 Å². The first kappa shape index (κ1) is 11.5. The number of ether oxygens (including phenoxy) is 2. The lowest BCUT2D eigenvalue weighted by Crippen LogP contribution is -2.22. The first-order chi connectivity index (χ1) is 8.08. The van der Waals surface area contributed by atoms with E-state index in [9.17, 15) is 19.7 Å². The topological polar surface area (TPSA) is 95.7 Å². The third-order valence-corrected chi connectivity index (χ3v) is 3.13. The number of rotatable bonds is 3. The van der Waals surface area contributed by atoms with Crippen molar-refractivity contribution in [2.45, 2.75) is 12.5 Å². The number of carbonyl (C=O) groups is 2. The van der Waals surface area contributed by atoms with Crippen molar-refractivity contribution in [1.29, 1.82) is 0 Å². The van der Waals surface area contributed by atoms with Gasteiger partial charge in [0.1, 0.15) is 4.88 Å². The van der Waals surface area contributed by atoms with Crippen LogP contribution in [0, 0.1) is 10.1 Å². The van der Waals surface area contributed by atoms with Crippen LogP contribution < -0.4 is 0 Å². The molecule has 0 amide bonds. The van der Waals surface area contributed by atoms with Gasteiger partial charge in [0.05, 0.1) is 11.5 Å². The molecule has 1 aliphatic heterocycles. The van der Waals surface area contributed by atoms with Crippen molar-refractivity contribution in [1.82, 2.24) is 0 Å².